The van der Waals surface area contributed by atoms with Crippen LogP contribution in [0.5, 0.6) is 0 Å². The van der Waals surface area contributed by atoms with Gasteiger partial charge >= 0.3 is 0 Å². The van der Waals surface area contributed by atoms with Gasteiger partial charge in [0.1, 0.15) is 0 Å². The molecule has 2 fully saturated rings. The third-order valence-corrected chi connectivity index (χ3v) is 5.70. The second-order valence-corrected chi connectivity index (χ2v) is 6.70. The van der Waals surface area contributed by atoms with Crippen LogP contribution in [0.3, 0.4) is 0 Å². The van der Waals surface area contributed by atoms with Crippen LogP contribution in [0.4, 0.5) is 0 Å². The second kappa shape index (κ2) is 6.30. The molecule has 2 unspecified atom stereocenters. The minimum atomic E-state index is -0.0291. The Bertz CT molecular complexity index is 307. The molecule has 1 aliphatic carbocycles. The van der Waals surface area contributed by atoms with Crippen LogP contribution in [0.2, 0.25) is 0 Å². The highest BCUT2D eigenvalue weighted by atomic mass is 16.5. The van der Waals surface area contributed by atoms with Crippen molar-refractivity contribution in [2.75, 3.05) is 40.0 Å². The van der Waals surface area contributed by atoms with E-state index >= 15 is 0 Å². The quantitative estimate of drug-likeness (QED) is 0.740. The minimum Gasteiger partial charge on any atom is -0.396 e. The van der Waals surface area contributed by atoms with Crippen LogP contribution in [0.25, 0.3) is 0 Å². The van der Waals surface area contributed by atoms with Crippen molar-refractivity contribution in [2.45, 2.75) is 52.2 Å². The van der Waals surface area contributed by atoms with E-state index in [1.165, 1.54) is 0 Å². The van der Waals surface area contributed by atoms with Gasteiger partial charge in [-0.1, -0.05) is 13.8 Å². The number of rotatable bonds is 8. The van der Waals surface area contributed by atoms with Gasteiger partial charge in [-0.2, -0.15) is 0 Å². The summed E-state index contributed by atoms with van der Waals surface area (Å²) in [5.41, 5.74) is 0.255. The molecule has 1 aliphatic heterocycles. The van der Waals surface area contributed by atoms with Gasteiger partial charge in [0.25, 0.3) is 0 Å². The van der Waals surface area contributed by atoms with Crippen molar-refractivity contribution in [1.82, 2.24) is 4.90 Å². The Labute approximate surface area is 123 Å². The SMILES string of the molecule is CCOC1CC(N(C)CC2(CO)COC2)C1(CC)CC. The number of hydrogen-bond donors (Lipinski definition) is 1. The van der Waals surface area contributed by atoms with E-state index in [1.807, 2.05) is 0 Å². The van der Waals surface area contributed by atoms with Gasteiger partial charge in [0.2, 0.25) is 0 Å². The predicted octanol–water partition coefficient (Wildman–Crippen LogP) is 1.91. The number of ether oxygens (including phenoxy) is 2. The molecule has 4 heteroatoms. The smallest absolute Gasteiger partial charge is 0.0661 e. The summed E-state index contributed by atoms with van der Waals surface area (Å²) >= 11 is 0. The monoisotopic (exact) mass is 285 g/mol. The fraction of sp³-hybridized carbons (Fsp3) is 1.00. The van der Waals surface area contributed by atoms with E-state index in [0.29, 0.717) is 25.4 Å². The molecule has 0 radical (unpaired) electrons. The summed E-state index contributed by atoms with van der Waals surface area (Å²) in [5.74, 6) is 0. The van der Waals surface area contributed by atoms with Crippen LogP contribution >= 0.6 is 0 Å². The summed E-state index contributed by atoms with van der Waals surface area (Å²) in [5, 5.41) is 9.61. The topological polar surface area (TPSA) is 41.9 Å². The molecule has 2 atom stereocenters. The first-order chi connectivity index (χ1) is 9.57. The Morgan fingerprint density at radius 3 is 2.30 bits per heavy atom. The molecule has 1 heterocycles. The van der Waals surface area contributed by atoms with E-state index in [2.05, 4.69) is 32.7 Å². The van der Waals surface area contributed by atoms with E-state index in [4.69, 9.17) is 9.47 Å². The Hall–Kier alpha value is -0.160. The van der Waals surface area contributed by atoms with Crippen molar-refractivity contribution in [3.05, 3.63) is 0 Å². The van der Waals surface area contributed by atoms with E-state index in [9.17, 15) is 5.11 Å². The second-order valence-electron chi connectivity index (χ2n) is 6.70. The van der Waals surface area contributed by atoms with Crippen molar-refractivity contribution in [2.24, 2.45) is 10.8 Å². The Balaban J connectivity index is 2.00. The lowest BCUT2D eigenvalue weighted by Crippen LogP contribution is -2.66. The summed E-state index contributed by atoms with van der Waals surface area (Å²) in [6.45, 7) is 9.99. The van der Waals surface area contributed by atoms with Gasteiger partial charge in [-0.05, 0) is 33.2 Å². The average molecular weight is 285 g/mol. The Morgan fingerprint density at radius 1 is 1.25 bits per heavy atom. The lowest BCUT2D eigenvalue weighted by molar-refractivity contribution is -0.194. The largest absolute Gasteiger partial charge is 0.396 e. The molecule has 0 amide bonds. The van der Waals surface area contributed by atoms with Crippen LogP contribution in [0.1, 0.15) is 40.0 Å². The summed E-state index contributed by atoms with van der Waals surface area (Å²) in [7, 11) is 2.20. The van der Waals surface area contributed by atoms with Gasteiger partial charge in [-0.3, -0.25) is 0 Å². The highest BCUT2D eigenvalue weighted by Crippen LogP contribution is 2.51. The third kappa shape index (κ3) is 2.52. The standard InChI is InChI=1S/C16H31NO3/c1-5-16(6-2)13(8-14(16)20-7-3)17(4)9-15(10-18)11-19-12-15/h13-14,18H,5-12H2,1-4H3. The maximum absolute atomic E-state index is 9.61. The van der Waals surface area contributed by atoms with Gasteiger partial charge in [-0.15, -0.1) is 0 Å². The molecule has 0 aromatic carbocycles. The molecule has 1 N–H and O–H groups in total. The lowest BCUT2D eigenvalue weighted by atomic mass is 9.58. The van der Waals surface area contributed by atoms with Crippen LogP contribution < -0.4 is 0 Å². The molecule has 20 heavy (non-hydrogen) atoms. The van der Waals surface area contributed by atoms with E-state index in [-0.39, 0.29) is 17.4 Å². The Kier molecular flexibility index (Phi) is 5.11. The predicted molar refractivity (Wildman–Crippen MR) is 79.8 cm³/mol. The summed E-state index contributed by atoms with van der Waals surface area (Å²) < 4.78 is 11.3. The normalized spacial score (nSPS) is 30.9. The molecule has 0 aromatic rings. The fourth-order valence-corrected chi connectivity index (χ4v) is 4.22. The number of aliphatic hydroxyl groups is 1. The van der Waals surface area contributed by atoms with E-state index in [1.54, 1.807) is 0 Å². The zero-order valence-corrected chi connectivity index (χ0v) is 13.5. The van der Waals surface area contributed by atoms with Crippen molar-refractivity contribution in [3.63, 3.8) is 0 Å². The number of aliphatic hydroxyl groups excluding tert-OH is 1. The fourth-order valence-electron chi connectivity index (χ4n) is 4.22. The first kappa shape index (κ1) is 16.2. The van der Waals surface area contributed by atoms with Gasteiger partial charge in [-0.25, -0.2) is 0 Å². The summed E-state index contributed by atoms with van der Waals surface area (Å²) in [6, 6.07) is 0.568. The Morgan fingerprint density at radius 2 is 1.90 bits per heavy atom. The zero-order valence-electron chi connectivity index (χ0n) is 13.5. The molecule has 118 valence electrons. The molecular weight excluding hydrogens is 254 g/mol. The molecule has 2 aliphatic rings. The van der Waals surface area contributed by atoms with Crippen molar-refractivity contribution in [1.29, 1.82) is 0 Å². The number of hydrogen-bond acceptors (Lipinski definition) is 4. The van der Waals surface area contributed by atoms with Gasteiger partial charge < -0.3 is 19.5 Å². The van der Waals surface area contributed by atoms with Crippen molar-refractivity contribution >= 4 is 0 Å². The maximum atomic E-state index is 9.61. The van der Waals surface area contributed by atoms with Gasteiger partial charge in [0.15, 0.2) is 0 Å². The minimum absolute atomic E-state index is 0.0291. The van der Waals surface area contributed by atoms with Crippen LogP contribution in [-0.4, -0.2) is 62.2 Å². The zero-order chi connectivity index (χ0) is 14.8. The maximum Gasteiger partial charge on any atom is 0.0661 e. The van der Waals surface area contributed by atoms with Crippen LogP contribution in [0, 0.1) is 10.8 Å². The number of nitrogens with zero attached hydrogens (tertiary/aromatic N) is 1. The van der Waals surface area contributed by atoms with Gasteiger partial charge in [0.05, 0.1) is 31.3 Å². The molecule has 4 nitrogen and oxygen atoms in total. The average Bonchev–Trinajstić information content (AvgIpc) is 2.40. The van der Waals surface area contributed by atoms with E-state index in [0.717, 1.165) is 32.4 Å². The van der Waals surface area contributed by atoms with Crippen LogP contribution in [0.15, 0.2) is 0 Å². The molecular formula is C16H31NO3. The van der Waals surface area contributed by atoms with Crippen molar-refractivity contribution < 1.29 is 14.6 Å². The molecule has 0 spiro atoms. The summed E-state index contributed by atoms with van der Waals surface area (Å²) in [4.78, 5) is 2.45. The summed E-state index contributed by atoms with van der Waals surface area (Å²) in [6.07, 6.45) is 3.84. The molecule has 0 aromatic heterocycles. The third-order valence-electron chi connectivity index (χ3n) is 5.70. The molecule has 0 bridgehead atoms. The van der Waals surface area contributed by atoms with Crippen LogP contribution in [-0.2, 0) is 9.47 Å². The van der Waals surface area contributed by atoms with Gasteiger partial charge in [0, 0.05) is 24.6 Å². The lowest BCUT2D eigenvalue weighted by Gasteiger charge is -2.59. The van der Waals surface area contributed by atoms with Crippen molar-refractivity contribution in [3.8, 4) is 0 Å². The molecule has 1 saturated heterocycles. The highest BCUT2D eigenvalue weighted by molar-refractivity contribution is 5.08. The first-order valence-electron chi connectivity index (χ1n) is 8.08. The van der Waals surface area contributed by atoms with E-state index < -0.39 is 0 Å². The molecule has 2 rings (SSSR count). The first-order valence-corrected chi connectivity index (χ1v) is 8.08. The molecule has 1 saturated carbocycles. The highest BCUT2D eigenvalue weighted by Gasteiger charge is 2.55.